The minimum atomic E-state index is 0.473. The molecule has 0 atom stereocenters. The van der Waals surface area contributed by atoms with Crippen molar-refractivity contribution in [1.29, 1.82) is 0 Å². The number of hydrogen-bond donors (Lipinski definition) is 3. The van der Waals surface area contributed by atoms with Crippen LogP contribution in [0.4, 0.5) is 5.69 Å². The molecule has 28 heavy (non-hydrogen) atoms. The second-order valence-electron chi connectivity index (χ2n) is 8.50. The lowest BCUT2D eigenvalue weighted by atomic mass is 9.67. The predicted molar refractivity (Wildman–Crippen MR) is 114 cm³/mol. The molecule has 1 aliphatic carbocycles. The molecule has 5 rings (SSSR count). The zero-order valence-electron chi connectivity index (χ0n) is 16.3. The molecule has 148 valence electrons. The third-order valence-corrected chi connectivity index (χ3v) is 6.97. The van der Waals surface area contributed by atoms with Gasteiger partial charge in [-0.3, -0.25) is 4.68 Å². The van der Waals surface area contributed by atoms with E-state index in [4.69, 9.17) is 11.6 Å². The van der Waals surface area contributed by atoms with Crippen LogP contribution in [0, 0.1) is 5.41 Å². The van der Waals surface area contributed by atoms with Crippen molar-refractivity contribution >= 4 is 28.3 Å². The van der Waals surface area contributed by atoms with Crippen molar-refractivity contribution in [2.45, 2.75) is 44.6 Å². The van der Waals surface area contributed by atoms with E-state index in [1.165, 1.54) is 51.6 Å². The van der Waals surface area contributed by atoms with Gasteiger partial charge in [-0.1, -0.05) is 11.6 Å². The molecule has 1 saturated heterocycles. The van der Waals surface area contributed by atoms with E-state index in [1.807, 2.05) is 19.4 Å². The number of halogens is 1. The number of rotatable bonds is 3. The number of aromatic amines is 1. The maximum Gasteiger partial charge on any atom is 0.139 e. The minimum absolute atomic E-state index is 0.473. The molecular weight excluding hydrogens is 372 g/mol. The Hall–Kier alpha value is -2.05. The Kier molecular flexibility index (Phi) is 4.56. The van der Waals surface area contributed by atoms with Gasteiger partial charge in [0.25, 0.3) is 0 Å². The molecular formula is C21H27ClN6. The third-order valence-electron chi connectivity index (χ3n) is 6.69. The Balaban J connectivity index is 1.38. The maximum atomic E-state index is 6.56. The van der Waals surface area contributed by atoms with E-state index in [-0.39, 0.29) is 0 Å². The highest BCUT2D eigenvalue weighted by Gasteiger charge is 2.36. The zero-order chi connectivity index (χ0) is 19.1. The van der Waals surface area contributed by atoms with Gasteiger partial charge in [0.2, 0.25) is 0 Å². The Bertz CT molecular complexity index is 974. The Morgan fingerprint density at radius 1 is 1.18 bits per heavy atom. The molecule has 1 spiro atoms. The van der Waals surface area contributed by atoms with Crippen LogP contribution in [0.2, 0.25) is 5.02 Å². The highest BCUT2D eigenvalue weighted by molar-refractivity contribution is 6.34. The van der Waals surface area contributed by atoms with Gasteiger partial charge in [-0.25, -0.2) is 4.98 Å². The Morgan fingerprint density at radius 2 is 1.96 bits per heavy atom. The summed E-state index contributed by atoms with van der Waals surface area (Å²) in [5.41, 5.74) is 4.49. The van der Waals surface area contributed by atoms with Crippen LogP contribution in [0.25, 0.3) is 22.3 Å². The van der Waals surface area contributed by atoms with Crippen molar-refractivity contribution in [3.05, 3.63) is 29.7 Å². The molecule has 0 amide bonds. The number of fused-ring (bicyclic) bond motifs is 1. The molecule has 1 saturated carbocycles. The van der Waals surface area contributed by atoms with Gasteiger partial charge in [0.05, 0.1) is 28.8 Å². The number of aromatic nitrogens is 4. The number of anilines is 1. The van der Waals surface area contributed by atoms with Gasteiger partial charge >= 0.3 is 0 Å². The summed E-state index contributed by atoms with van der Waals surface area (Å²) < 4.78 is 1.80. The lowest BCUT2D eigenvalue weighted by Crippen LogP contribution is -2.41. The Morgan fingerprint density at radius 3 is 2.68 bits per heavy atom. The number of piperidine rings is 1. The van der Waals surface area contributed by atoms with E-state index in [1.54, 1.807) is 10.9 Å². The van der Waals surface area contributed by atoms with E-state index in [0.717, 1.165) is 28.0 Å². The average molecular weight is 399 g/mol. The fraction of sp³-hybridized carbons (Fsp3) is 0.524. The monoisotopic (exact) mass is 398 g/mol. The van der Waals surface area contributed by atoms with E-state index in [0.29, 0.717) is 16.5 Å². The van der Waals surface area contributed by atoms with Crippen molar-refractivity contribution in [2.24, 2.45) is 12.5 Å². The van der Waals surface area contributed by atoms with Crippen molar-refractivity contribution in [1.82, 2.24) is 25.1 Å². The molecule has 7 heteroatoms. The van der Waals surface area contributed by atoms with Crippen LogP contribution >= 0.6 is 11.6 Å². The molecule has 3 aromatic heterocycles. The van der Waals surface area contributed by atoms with E-state index >= 15 is 0 Å². The molecule has 4 heterocycles. The lowest BCUT2D eigenvalue weighted by molar-refractivity contribution is 0.128. The lowest BCUT2D eigenvalue weighted by Gasteiger charge is -2.43. The number of H-pyrrole nitrogens is 1. The summed E-state index contributed by atoms with van der Waals surface area (Å²) >= 11 is 6.56. The molecule has 3 N–H and O–H groups in total. The normalized spacial score (nSPS) is 20.1. The molecule has 2 fully saturated rings. The zero-order valence-corrected chi connectivity index (χ0v) is 17.0. The fourth-order valence-electron chi connectivity index (χ4n) is 4.95. The van der Waals surface area contributed by atoms with Crippen molar-refractivity contribution in [3.63, 3.8) is 0 Å². The summed E-state index contributed by atoms with van der Waals surface area (Å²) in [4.78, 5) is 7.90. The molecule has 0 aromatic carbocycles. The second-order valence-corrected chi connectivity index (χ2v) is 8.90. The standard InChI is InChI=1S/C21H27ClN6/c1-28-13-14(11-25-28)18-10-16-19(17(22)12-24-20(16)27-18)26-15-2-4-21(5-3-15)6-8-23-9-7-21/h10-13,15,23H,2-9H2,1H3,(H2,24,26,27). The highest BCUT2D eigenvalue weighted by atomic mass is 35.5. The number of hydrogen-bond acceptors (Lipinski definition) is 4. The highest BCUT2D eigenvalue weighted by Crippen LogP contribution is 2.44. The minimum Gasteiger partial charge on any atom is -0.380 e. The van der Waals surface area contributed by atoms with Gasteiger partial charge in [0.1, 0.15) is 5.65 Å². The van der Waals surface area contributed by atoms with Crippen molar-refractivity contribution in [2.75, 3.05) is 18.4 Å². The molecule has 1 aliphatic heterocycles. The largest absolute Gasteiger partial charge is 0.380 e. The quantitative estimate of drug-likeness (QED) is 0.613. The molecule has 0 unspecified atom stereocenters. The summed E-state index contributed by atoms with van der Waals surface area (Å²) in [6.45, 7) is 2.35. The predicted octanol–water partition coefficient (Wildman–Crippen LogP) is 4.34. The third kappa shape index (κ3) is 3.29. The summed E-state index contributed by atoms with van der Waals surface area (Å²) in [6.07, 6.45) is 13.3. The van der Waals surface area contributed by atoms with Crippen LogP contribution in [-0.2, 0) is 7.05 Å². The fourth-order valence-corrected chi connectivity index (χ4v) is 5.15. The second kappa shape index (κ2) is 7.08. The van der Waals surface area contributed by atoms with Crippen LogP contribution in [0.5, 0.6) is 0 Å². The van der Waals surface area contributed by atoms with Crippen LogP contribution < -0.4 is 10.6 Å². The van der Waals surface area contributed by atoms with Crippen LogP contribution in [0.1, 0.15) is 38.5 Å². The topological polar surface area (TPSA) is 70.6 Å². The average Bonchev–Trinajstić information content (AvgIpc) is 3.33. The van der Waals surface area contributed by atoms with Gasteiger partial charge in [-0.05, 0) is 63.1 Å². The van der Waals surface area contributed by atoms with Crippen LogP contribution in [0.15, 0.2) is 24.7 Å². The van der Waals surface area contributed by atoms with Crippen LogP contribution in [-0.4, -0.2) is 38.9 Å². The van der Waals surface area contributed by atoms with E-state index in [2.05, 4.69) is 31.8 Å². The SMILES string of the molecule is Cn1cc(-c2cc3c(NC4CCC5(CCNCC5)CC4)c(Cl)cnc3[nH]2)cn1. The van der Waals surface area contributed by atoms with Gasteiger partial charge < -0.3 is 15.6 Å². The smallest absolute Gasteiger partial charge is 0.139 e. The summed E-state index contributed by atoms with van der Waals surface area (Å²) in [6, 6.07) is 2.60. The number of nitrogens with zero attached hydrogens (tertiary/aromatic N) is 3. The Labute approximate surface area is 170 Å². The number of nitrogens with one attached hydrogen (secondary N) is 3. The first kappa shape index (κ1) is 18.0. The van der Waals surface area contributed by atoms with Gasteiger partial charge in [0, 0.05) is 30.2 Å². The molecule has 2 aliphatic rings. The van der Waals surface area contributed by atoms with E-state index < -0.39 is 0 Å². The maximum absolute atomic E-state index is 6.56. The van der Waals surface area contributed by atoms with E-state index in [9.17, 15) is 0 Å². The summed E-state index contributed by atoms with van der Waals surface area (Å²) in [7, 11) is 1.92. The van der Waals surface area contributed by atoms with Crippen molar-refractivity contribution in [3.8, 4) is 11.3 Å². The van der Waals surface area contributed by atoms with Gasteiger partial charge in [-0.15, -0.1) is 0 Å². The first-order valence-corrected chi connectivity index (χ1v) is 10.6. The molecule has 3 aromatic rings. The van der Waals surface area contributed by atoms with Crippen molar-refractivity contribution < 1.29 is 0 Å². The number of pyridine rings is 1. The first-order chi connectivity index (χ1) is 13.6. The molecule has 0 radical (unpaired) electrons. The number of aryl methyl sites for hydroxylation is 1. The molecule has 0 bridgehead atoms. The summed E-state index contributed by atoms with van der Waals surface area (Å²) in [5.74, 6) is 0. The van der Waals surface area contributed by atoms with Crippen LogP contribution in [0.3, 0.4) is 0 Å². The molecule has 6 nitrogen and oxygen atoms in total. The first-order valence-electron chi connectivity index (χ1n) is 10.3. The summed E-state index contributed by atoms with van der Waals surface area (Å²) in [5, 5.41) is 13.3. The van der Waals surface area contributed by atoms with Gasteiger partial charge in [-0.2, -0.15) is 5.10 Å². The van der Waals surface area contributed by atoms with Gasteiger partial charge in [0.15, 0.2) is 0 Å².